The van der Waals surface area contributed by atoms with E-state index in [9.17, 15) is 19.5 Å². The zero-order valence-electron chi connectivity index (χ0n) is 11.7. The van der Waals surface area contributed by atoms with Gasteiger partial charge in [0.15, 0.2) is 0 Å². The Morgan fingerprint density at radius 2 is 1.71 bits per heavy atom. The third-order valence-corrected chi connectivity index (χ3v) is 4.32. The molecule has 0 radical (unpaired) electrons. The van der Waals surface area contributed by atoms with Gasteiger partial charge in [-0.25, -0.2) is 0 Å². The van der Waals surface area contributed by atoms with Crippen LogP contribution < -0.4 is 4.90 Å². The monoisotopic (exact) mass is 288 g/mol. The van der Waals surface area contributed by atoms with Crippen molar-refractivity contribution in [2.45, 2.75) is 18.3 Å². The molecule has 2 aliphatic rings. The van der Waals surface area contributed by atoms with E-state index in [4.69, 9.17) is 0 Å². The van der Waals surface area contributed by atoms with Crippen LogP contribution in [0.2, 0.25) is 0 Å². The van der Waals surface area contributed by atoms with Gasteiger partial charge in [0, 0.05) is 25.8 Å². The van der Waals surface area contributed by atoms with Crippen molar-refractivity contribution in [2.75, 3.05) is 25.0 Å². The van der Waals surface area contributed by atoms with Crippen LogP contribution in [-0.4, -0.2) is 47.9 Å². The number of carbonyl (C=O) groups is 3. The van der Waals surface area contributed by atoms with Crippen molar-refractivity contribution >= 4 is 23.5 Å². The van der Waals surface area contributed by atoms with Crippen LogP contribution in [0.4, 0.5) is 5.69 Å². The summed E-state index contributed by atoms with van der Waals surface area (Å²) in [6, 6.07) is 6.92. The normalized spacial score (nSPS) is 20.6. The second-order valence-electron chi connectivity index (χ2n) is 5.62. The summed E-state index contributed by atoms with van der Waals surface area (Å²) < 4.78 is 0. The Balaban J connectivity index is 1.84. The van der Waals surface area contributed by atoms with Gasteiger partial charge in [-0.1, -0.05) is 12.1 Å². The summed E-state index contributed by atoms with van der Waals surface area (Å²) in [6.45, 7) is 0.940. The summed E-state index contributed by atoms with van der Waals surface area (Å²) in [5, 5.41) is 9.27. The van der Waals surface area contributed by atoms with Gasteiger partial charge >= 0.3 is 17.8 Å². The van der Waals surface area contributed by atoms with Crippen molar-refractivity contribution in [1.29, 1.82) is 0 Å². The van der Waals surface area contributed by atoms with Crippen LogP contribution in [0.25, 0.3) is 0 Å². The van der Waals surface area contributed by atoms with Crippen molar-refractivity contribution in [2.24, 2.45) is 0 Å². The predicted octanol–water partition coefficient (Wildman–Crippen LogP) is 0.608. The van der Waals surface area contributed by atoms with E-state index in [-0.39, 0.29) is 0 Å². The molecule has 1 aliphatic carbocycles. The quantitative estimate of drug-likeness (QED) is 0.827. The molecule has 21 heavy (non-hydrogen) atoms. The lowest BCUT2D eigenvalue weighted by molar-refractivity contribution is -0.145. The summed E-state index contributed by atoms with van der Waals surface area (Å²) in [5.41, 5.74) is 0.638. The number of nitrogens with zero attached hydrogens (tertiary/aromatic N) is 2. The highest BCUT2D eigenvalue weighted by atomic mass is 16.4. The number of carbonyl (C=O) groups excluding carboxylic acids is 2. The first-order valence-electron chi connectivity index (χ1n) is 6.86. The van der Waals surface area contributed by atoms with Crippen molar-refractivity contribution in [3.63, 3.8) is 0 Å². The molecule has 1 aliphatic heterocycles. The molecule has 0 atom stereocenters. The van der Waals surface area contributed by atoms with Crippen molar-refractivity contribution < 1.29 is 19.5 Å². The average molecular weight is 288 g/mol. The highest BCUT2D eigenvalue weighted by molar-refractivity contribution is 6.40. The predicted molar refractivity (Wildman–Crippen MR) is 75.0 cm³/mol. The van der Waals surface area contributed by atoms with Gasteiger partial charge in [0.05, 0.1) is 5.41 Å². The lowest BCUT2D eigenvalue weighted by Gasteiger charge is -2.31. The lowest BCUT2D eigenvalue weighted by atomic mass is 9.96. The Labute approximate surface area is 122 Å². The standard InChI is InChI=1S/C15H16N2O4/c1-16-8-9-17(13(19)12(16)18)11-4-2-10(3-5-11)15(6-7-15)14(20)21/h2-5H,6-9H2,1H3,(H,20,21). The molecule has 1 saturated heterocycles. The van der Waals surface area contributed by atoms with E-state index in [2.05, 4.69) is 0 Å². The fraction of sp³-hybridized carbons (Fsp3) is 0.400. The first kappa shape index (κ1) is 13.6. The van der Waals surface area contributed by atoms with E-state index in [0.29, 0.717) is 31.6 Å². The number of likely N-dealkylation sites (N-methyl/N-ethyl adjacent to an activating group) is 1. The second kappa shape index (κ2) is 4.58. The number of hydrogen-bond donors (Lipinski definition) is 1. The van der Waals surface area contributed by atoms with Gasteiger partial charge in [0.25, 0.3) is 0 Å². The van der Waals surface area contributed by atoms with Crippen LogP contribution in [0.1, 0.15) is 18.4 Å². The Morgan fingerprint density at radius 1 is 1.10 bits per heavy atom. The zero-order valence-corrected chi connectivity index (χ0v) is 11.7. The maximum atomic E-state index is 12.0. The molecule has 0 aromatic heterocycles. The van der Waals surface area contributed by atoms with Gasteiger partial charge in [-0.05, 0) is 30.5 Å². The number of anilines is 1. The number of hydrogen-bond acceptors (Lipinski definition) is 3. The molecule has 110 valence electrons. The highest BCUT2D eigenvalue weighted by Gasteiger charge is 2.51. The van der Waals surface area contributed by atoms with Gasteiger partial charge < -0.3 is 14.9 Å². The molecular formula is C15H16N2O4. The van der Waals surface area contributed by atoms with Crippen LogP contribution in [0, 0.1) is 0 Å². The Kier molecular flexibility index (Phi) is 2.97. The third-order valence-electron chi connectivity index (χ3n) is 4.32. The van der Waals surface area contributed by atoms with E-state index in [1.54, 1.807) is 31.3 Å². The molecule has 1 heterocycles. The van der Waals surface area contributed by atoms with Crippen LogP contribution in [-0.2, 0) is 19.8 Å². The van der Waals surface area contributed by atoms with Crippen LogP contribution in [0.5, 0.6) is 0 Å². The minimum Gasteiger partial charge on any atom is -0.481 e. The number of benzene rings is 1. The molecule has 0 spiro atoms. The molecule has 6 heteroatoms. The first-order chi connectivity index (χ1) is 9.95. The third kappa shape index (κ3) is 2.07. The molecule has 6 nitrogen and oxygen atoms in total. The smallest absolute Gasteiger partial charge is 0.316 e. The van der Waals surface area contributed by atoms with E-state index in [1.807, 2.05) is 0 Å². The lowest BCUT2D eigenvalue weighted by Crippen LogP contribution is -2.53. The van der Waals surface area contributed by atoms with Gasteiger partial charge in [0.2, 0.25) is 0 Å². The molecule has 3 rings (SSSR count). The average Bonchev–Trinajstić information content (AvgIpc) is 3.27. The Bertz CT molecular complexity index is 619. The second-order valence-corrected chi connectivity index (χ2v) is 5.62. The summed E-state index contributed by atoms with van der Waals surface area (Å²) in [5.74, 6) is -1.87. The van der Waals surface area contributed by atoms with Crippen LogP contribution in [0.3, 0.4) is 0 Å². The molecule has 2 amide bonds. The van der Waals surface area contributed by atoms with Crippen molar-refractivity contribution in [1.82, 2.24) is 4.90 Å². The van der Waals surface area contributed by atoms with Gasteiger partial charge in [-0.2, -0.15) is 0 Å². The topological polar surface area (TPSA) is 77.9 Å². The zero-order chi connectivity index (χ0) is 15.2. The van der Waals surface area contributed by atoms with E-state index in [1.165, 1.54) is 9.80 Å². The molecular weight excluding hydrogens is 272 g/mol. The Hall–Kier alpha value is -2.37. The molecule has 0 bridgehead atoms. The molecule has 1 saturated carbocycles. The van der Waals surface area contributed by atoms with Gasteiger partial charge in [0.1, 0.15) is 0 Å². The van der Waals surface area contributed by atoms with Gasteiger partial charge in [-0.15, -0.1) is 0 Å². The SMILES string of the molecule is CN1CCN(c2ccc(C3(C(=O)O)CC3)cc2)C(=O)C1=O. The molecule has 1 aromatic rings. The number of amides is 2. The minimum atomic E-state index is -0.805. The fourth-order valence-corrected chi connectivity index (χ4v) is 2.69. The van der Waals surface area contributed by atoms with E-state index in [0.717, 1.165) is 5.56 Å². The highest BCUT2D eigenvalue weighted by Crippen LogP contribution is 2.48. The number of carboxylic acid groups (broad SMARTS) is 1. The number of rotatable bonds is 3. The van der Waals surface area contributed by atoms with Crippen molar-refractivity contribution in [3.8, 4) is 0 Å². The maximum absolute atomic E-state index is 12.0. The van der Waals surface area contributed by atoms with E-state index >= 15 is 0 Å². The number of piperazine rings is 1. The van der Waals surface area contributed by atoms with Gasteiger partial charge in [-0.3, -0.25) is 14.4 Å². The summed E-state index contributed by atoms with van der Waals surface area (Å²) in [7, 11) is 1.60. The molecule has 1 aromatic carbocycles. The first-order valence-corrected chi connectivity index (χ1v) is 6.86. The number of carboxylic acids is 1. The Morgan fingerprint density at radius 3 is 2.24 bits per heavy atom. The molecule has 1 N–H and O–H groups in total. The van der Waals surface area contributed by atoms with Crippen LogP contribution in [0.15, 0.2) is 24.3 Å². The molecule has 0 unspecified atom stereocenters. The number of aliphatic carboxylic acids is 1. The largest absolute Gasteiger partial charge is 0.481 e. The summed E-state index contributed by atoms with van der Waals surface area (Å²) in [6.07, 6.45) is 1.29. The van der Waals surface area contributed by atoms with Crippen LogP contribution >= 0.6 is 0 Å². The molecule has 2 fully saturated rings. The van der Waals surface area contributed by atoms with Crippen molar-refractivity contribution in [3.05, 3.63) is 29.8 Å². The summed E-state index contributed by atoms with van der Waals surface area (Å²) in [4.78, 5) is 37.8. The minimum absolute atomic E-state index is 0.449. The summed E-state index contributed by atoms with van der Waals surface area (Å²) >= 11 is 0. The van der Waals surface area contributed by atoms with E-state index < -0.39 is 23.2 Å². The maximum Gasteiger partial charge on any atom is 0.316 e. The fourth-order valence-electron chi connectivity index (χ4n) is 2.69.